The van der Waals surface area contributed by atoms with Crippen molar-refractivity contribution in [2.75, 3.05) is 13.2 Å². The van der Waals surface area contributed by atoms with Gasteiger partial charge in [0.1, 0.15) is 0 Å². The number of rotatable bonds is 2. The molecule has 4 rings (SSSR count). The molecule has 1 aliphatic rings. The lowest BCUT2D eigenvalue weighted by Gasteiger charge is -2.36. The Balaban J connectivity index is 1.77. The van der Waals surface area contributed by atoms with Crippen molar-refractivity contribution in [1.29, 1.82) is 0 Å². The average molecular weight is 318 g/mol. The minimum atomic E-state index is -0.297. The minimum absolute atomic E-state index is 0.0536. The number of benzene rings is 2. The highest BCUT2D eigenvalue weighted by atomic mass is 16.3. The summed E-state index contributed by atoms with van der Waals surface area (Å²) in [5.41, 5.74) is 3.69. The van der Waals surface area contributed by atoms with Gasteiger partial charge in [0.2, 0.25) is 0 Å². The van der Waals surface area contributed by atoms with Crippen LogP contribution in [0, 0.1) is 0 Å². The molecule has 1 amide bonds. The van der Waals surface area contributed by atoms with E-state index in [9.17, 15) is 9.90 Å². The van der Waals surface area contributed by atoms with Crippen molar-refractivity contribution in [3.63, 3.8) is 0 Å². The highest BCUT2D eigenvalue weighted by Crippen LogP contribution is 2.31. The summed E-state index contributed by atoms with van der Waals surface area (Å²) in [7, 11) is 0. The minimum Gasteiger partial charge on any atom is -0.394 e. The number of hydrogen-bond acceptors (Lipinski definition) is 3. The summed E-state index contributed by atoms with van der Waals surface area (Å²) < 4.78 is 0. The van der Waals surface area contributed by atoms with E-state index in [0.29, 0.717) is 12.1 Å². The molecule has 4 heteroatoms. The maximum atomic E-state index is 13.2. The molecule has 4 nitrogen and oxygen atoms in total. The molecule has 0 aliphatic carbocycles. The number of aliphatic hydroxyl groups excluding tert-OH is 1. The number of aliphatic hydroxyl groups is 1. The number of fused-ring (bicyclic) bond motifs is 2. The molecule has 0 bridgehead atoms. The summed E-state index contributed by atoms with van der Waals surface area (Å²) in [6.45, 7) is 0.531. The van der Waals surface area contributed by atoms with Crippen LogP contribution in [0.2, 0.25) is 0 Å². The number of carbonyl (C=O) groups excluding carboxylic acids is 1. The lowest BCUT2D eigenvalue weighted by molar-refractivity contribution is 0.0570. The van der Waals surface area contributed by atoms with E-state index in [-0.39, 0.29) is 18.6 Å². The largest absolute Gasteiger partial charge is 0.394 e. The molecule has 0 spiro atoms. The zero-order valence-corrected chi connectivity index (χ0v) is 13.2. The van der Waals surface area contributed by atoms with Crippen molar-refractivity contribution in [1.82, 2.24) is 9.88 Å². The Morgan fingerprint density at radius 3 is 2.88 bits per heavy atom. The zero-order chi connectivity index (χ0) is 16.5. The number of amides is 1. The molecular formula is C20H18N2O2. The molecular weight excluding hydrogens is 300 g/mol. The van der Waals surface area contributed by atoms with E-state index in [1.165, 1.54) is 5.56 Å². The highest BCUT2D eigenvalue weighted by Gasteiger charge is 2.31. The van der Waals surface area contributed by atoms with Gasteiger partial charge in [-0.05, 0) is 35.7 Å². The first kappa shape index (κ1) is 14.8. The molecule has 0 fully saturated rings. The Morgan fingerprint density at radius 1 is 1.12 bits per heavy atom. The topological polar surface area (TPSA) is 53.4 Å². The lowest BCUT2D eigenvalue weighted by Crippen LogP contribution is -2.41. The molecule has 0 saturated carbocycles. The fraction of sp³-hybridized carbons (Fsp3) is 0.200. The summed E-state index contributed by atoms with van der Waals surface area (Å²) in [6.07, 6.45) is 2.53. The van der Waals surface area contributed by atoms with E-state index in [4.69, 9.17) is 0 Å². The molecule has 0 saturated heterocycles. The fourth-order valence-corrected chi connectivity index (χ4v) is 3.54. The van der Waals surface area contributed by atoms with Gasteiger partial charge < -0.3 is 10.0 Å². The van der Waals surface area contributed by atoms with Crippen LogP contribution in [-0.2, 0) is 6.42 Å². The zero-order valence-electron chi connectivity index (χ0n) is 13.2. The van der Waals surface area contributed by atoms with Crippen molar-refractivity contribution in [3.05, 3.63) is 77.5 Å². The molecule has 3 aromatic rings. The first-order valence-corrected chi connectivity index (χ1v) is 8.13. The second kappa shape index (κ2) is 6.06. The molecule has 0 radical (unpaired) electrons. The van der Waals surface area contributed by atoms with Crippen LogP contribution >= 0.6 is 0 Å². The molecule has 1 atom stereocenters. The summed E-state index contributed by atoms with van der Waals surface area (Å²) in [5.74, 6) is -0.0536. The van der Waals surface area contributed by atoms with Crippen molar-refractivity contribution >= 4 is 16.8 Å². The van der Waals surface area contributed by atoms with Crippen molar-refractivity contribution in [2.24, 2.45) is 0 Å². The summed E-state index contributed by atoms with van der Waals surface area (Å²) in [6, 6.07) is 17.1. The normalized spacial score (nSPS) is 16.9. The Bertz CT molecular complexity index is 902. The van der Waals surface area contributed by atoms with Crippen molar-refractivity contribution < 1.29 is 9.90 Å². The number of nitrogens with zero attached hydrogens (tertiary/aromatic N) is 2. The van der Waals surface area contributed by atoms with E-state index in [1.54, 1.807) is 11.1 Å². The van der Waals surface area contributed by atoms with Crippen molar-refractivity contribution in [2.45, 2.75) is 12.5 Å². The maximum Gasteiger partial charge on any atom is 0.255 e. The van der Waals surface area contributed by atoms with E-state index < -0.39 is 0 Å². The Labute approximate surface area is 140 Å². The first-order valence-electron chi connectivity index (χ1n) is 8.13. The Morgan fingerprint density at radius 2 is 2.00 bits per heavy atom. The molecule has 120 valence electrons. The van der Waals surface area contributed by atoms with Gasteiger partial charge in [-0.3, -0.25) is 9.78 Å². The van der Waals surface area contributed by atoms with Crippen LogP contribution in [0.15, 0.2) is 60.8 Å². The van der Waals surface area contributed by atoms with Crippen LogP contribution < -0.4 is 0 Å². The molecule has 1 unspecified atom stereocenters. The monoisotopic (exact) mass is 318 g/mol. The smallest absolute Gasteiger partial charge is 0.255 e. The average Bonchev–Trinajstić information content (AvgIpc) is 2.66. The van der Waals surface area contributed by atoms with Gasteiger partial charge in [0, 0.05) is 23.7 Å². The first-order chi connectivity index (χ1) is 11.8. The molecule has 1 aliphatic heterocycles. The van der Waals surface area contributed by atoms with E-state index >= 15 is 0 Å². The Kier molecular flexibility index (Phi) is 3.75. The molecule has 1 N–H and O–H groups in total. The van der Waals surface area contributed by atoms with Gasteiger partial charge in [-0.1, -0.05) is 36.4 Å². The van der Waals surface area contributed by atoms with Crippen LogP contribution in [0.25, 0.3) is 10.9 Å². The van der Waals surface area contributed by atoms with Gasteiger partial charge in [0.25, 0.3) is 5.91 Å². The molecule has 24 heavy (non-hydrogen) atoms. The van der Waals surface area contributed by atoms with Gasteiger partial charge >= 0.3 is 0 Å². The quantitative estimate of drug-likeness (QED) is 0.790. The predicted octanol–water partition coefficient (Wildman–Crippen LogP) is 2.97. The van der Waals surface area contributed by atoms with Crippen LogP contribution in [-0.4, -0.2) is 34.0 Å². The predicted molar refractivity (Wildman–Crippen MR) is 92.8 cm³/mol. The van der Waals surface area contributed by atoms with E-state index in [0.717, 1.165) is 22.9 Å². The third kappa shape index (κ3) is 2.36. The fourth-order valence-electron chi connectivity index (χ4n) is 3.54. The van der Waals surface area contributed by atoms with Gasteiger partial charge in [-0.2, -0.15) is 0 Å². The lowest BCUT2D eigenvalue weighted by atomic mass is 9.92. The number of carbonyl (C=O) groups is 1. The maximum absolute atomic E-state index is 13.2. The molecule has 2 heterocycles. The summed E-state index contributed by atoms with van der Waals surface area (Å²) in [5, 5.41) is 10.8. The number of hydrogen-bond donors (Lipinski definition) is 1. The van der Waals surface area contributed by atoms with Gasteiger partial charge in [0.05, 0.1) is 18.2 Å². The third-order valence-electron chi connectivity index (χ3n) is 4.72. The third-order valence-corrected chi connectivity index (χ3v) is 4.72. The second-order valence-corrected chi connectivity index (χ2v) is 6.02. The van der Waals surface area contributed by atoms with E-state index in [1.807, 2.05) is 48.5 Å². The van der Waals surface area contributed by atoms with Crippen LogP contribution in [0.1, 0.15) is 27.5 Å². The standard InChI is InChI=1S/C20H18N2O2/c23-13-19-15-6-2-1-5-14(15)10-12-22(19)20(24)17-7-3-9-18-16(17)8-4-11-21-18/h1-9,11,19,23H,10,12-13H2. The summed E-state index contributed by atoms with van der Waals surface area (Å²) >= 11 is 0. The molecule has 2 aromatic carbocycles. The van der Waals surface area contributed by atoms with Gasteiger partial charge in [-0.15, -0.1) is 0 Å². The highest BCUT2D eigenvalue weighted by molar-refractivity contribution is 6.06. The SMILES string of the molecule is O=C(c1cccc2ncccc12)N1CCc2ccccc2C1CO. The van der Waals surface area contributed by atoms with Crippen LogP contribution in [0.4, 0.5) is 0 Å². The summed E-state index contributed by atoms with van der Waals surface area (Å²) in [4.78, 5) is 19.3. The Hall–Kier alpha value is -2.72. The number of aromatic nitrogens is 1. The number of pyridine rings is 1. The van der Waals surface area contributed by atoms with Crippen LogP contribution in [0.5, 0.6) is 0 Å². The van der Waals surface area contributed by atoms with E-state index in [2.05, 4.69) is 11.1 Å². The van der Waals surface area contributed by atoms with Gasteiger partial charge in [-0.25, -0.2) is 0 Å². The second-order valence-electron chi connectivity index (χ2n) is 6.02. The van der Waals surface area contributed by atoms with Crippen molar-refractivity contribution in [3.8, 4) is 0 Å². The molecule has 1 aromatic heterocycles. The van der Waals surface area contributed by atoms with Crippen LogP contribution in [0.3, 0.4) is 0 Å². The van der Waals surface area contributed by atoms with Gasteiger partial charge in [0.15, 0.2) is 0 Å².